The second-order valence-electron chi connectivity index (χ2n) is 6.83. The van der Waals surface area contributed by atoms with Gasteiger partial charge in [-0.25, -0.2) is 9.88 Å². The number of benzene rings is 1. The third-order valence-corrected chi connectivity index (χ3v) is 5.56. The van der Waals surface area contributed by atoms with Gasteiger partial charge >= 0.3 is 17.8 Å². The smallest absolute Gasteiger partial charge is 0.323 e. The van der Waals surface area contributed by atoms with E-state index in [1.54, 1.807) is 24.3 Å². The average Bonchev–Trinajstić information content (AvgIpc) is 3.40. The lowest BCUT2D eigenvalue weighted by Crippen LogP contribution is -2.46. The van der Waals surface area contributed by atoms with Gasteiger partial charge in [-0.2, -0.15) is 0 Å². The number of thiazole rings is 1. The van der Waals surface area contributed by atoms with Crippen molar-refractivity contribution in [3.8, 4) is 5.75 Å². The van der Waals surface area contributed by atoms with E-state index in [9.17, 15) is 19.2 Å². The molecule has 2 aromatic rings. The number of carboxylic acids is 1. The summed E-state index contributed by atoms with van der Waals surface area (Å²) < 4.78 is 5.11. The van der Waals surface area contributed by atoms with Gasteiger partial charge in [0.15, 0.2) is 5.13 Å². The summed E-state index contributed by atoms with van der Waals surface area (Å²) in [7, 11) is 1.50. The van der Waals surface area contributed by atoms with Crippen molar-refractivity contribution in [2.24, 2.45) is 5.92 Å². The lowest BCUT2D eigenvalue weighted by molar-refractivity contribution is -0.138. The summed E-state index contributed by atoms with van der Waals surface area (Å²) in [5.74, 6) is -3.27. The molecule has 0 saturated heterocycles. The SMILES string of the molecule is COc1ccc(N(C(=O)C(=O)Nc2nc(CC(=O)O)cs2)C(=O)C2CCCC2)cc1. The molecule has 1 aromatic carbocycles. The number of hydrogen-bond acceptors (Lipinski definition) is 7. The fourth-order valence-corrected chi connectivity index (χ4v) is 3.99. The Balaban J connectivity index is 1.81. The molecular weight excluding hydrogens is 410 g/mol. The molecule has 0 bridgehead atoms. The van der Waals surface area contributed by atoms with E-state index in [0.717, 1.165) is 29.1 Å². The second-order valence-corrected chi connectivity index (χ2v) is 7.68. The van der Waals surface area contributed by atoms with Crippen LogP contribution in [0.3, 0.4) is 0 Å². The van der Waals surface area contributed by atoms with Gasteiger partial charge in [0.2, 0.25) is 5.91 Å². The number of carbonyl (C=O) groups excluding carboxylic acids is 3. The van der Waals surface area contributed by atoms with Crippen LogP contribution in [0.1, 0.15) is 31.4 Å². The maximum atomic E-state index is 13.0. The number of imide groups is 1. The van der Waals surface area contributed by atoms with E-state index >= 15 is 0 Å². The lowest BCUT2D eigenvalue weighted by atomic mass is 10.1. The zero-order chi connectivity index (χ0) is 21.7. The number of nitrogens with zero attached hydrogens (tertiary/aromatic N) is 2. The molecule has 1 aromatic heterocycles. The Bertz CT molecular complexity index is 950. The molecule has 0 spiro atoms. The van der Waals surface area contributed by atoms with Crippen molar-refractivity contribution in [3.05, 3.63) is 35.3 Å². The number of amides is 3. The minimum Gasteiger partial charge on any atom is -0.497 e. The molecule has 9 nitrogen and oxygen atoms in total. The molecule has 30 heavy (non-hydrogen) atoms. The second kappa shape index (κ2) is 9.49. The highest BCUT2D eigenvalue weighted by Crippen LogP contribution is 2.30. The molecule has 158 valence electrons. The van der Waals surface area contributed by atoms with Gasteiger partial charge in [-0.15, -0.1) is 11.3 Å². The fraction of sp³-hybridized carbons (Fsp3) is 0.350. The van der Waals surface area contributed by atoms with E-state index < -0.39 is 23.7 Å². The molecule has 0 radical (unpaired) electrons. The highest BCUT2D eigenvalue weighted by Gasteiger charge is 2.35. The maximum absolute atomic E-state index is 13.0. The van der Waals surface area contributed by atoms with Gasteiger partial charge in [0.25, 0.3) is 0 Å². The standard InChI is InChI=1S/C20H21N3O6S/c1-29-15-8-6-14(7-9-15)23(18(27)12-4-2-3-5-12)19(28)17(26)22-20-21-13(11-30-20)10-16(24)25/h6-9,11-12H,2-5,10H2,1H3,(H,24,25)(H,21,22,26). The first-order chi connectivity index (χ1) is 14.4. The van der Waals surface area contributed by atoms with Crippen LogP contribution in [0.4, 0.5) is 10.8 Å². The van der Waals surface area contributed by atoms with Gasteiger partial charge < -0.3 is 9.84 Å². The summed E-state index contributed by atoms with van der Waals surface area (Å²) in [6.45, 7) is 0. The predicted octanol–water partition coefficient (Wildman–Crippen LogP) is 2.47. The van der Waals surface area contributed by atoms with E-state index in [1.165, 1.54) is 12.5 Å². The third-order valence-electron chi connectivity index (χ3n) is 4.76. The van der Waals surface area contributed by atoms with Crippen LogP contribution < -0.4 is 15.0 Å². The number of methoxy groups -OCH3 is 1. The van der Waals surface area contributed by atoms with Crippen molar-refractivity contribution >= 4 is 45.8 Å². The van der Waals surface area contributed by atoms with Gasteiger partial charge in [-0.1, -0.05) is 12.8 Å². The molecule has 3 amide bonds. The molecule has 0 unspecified atom stereocenters. The van der Waals surface area contributed by atoms with Crippen LogP contribution in [0, 0.1) is 5.92 Å². The number of hydrogen-bond donors (Lipinski definition) is 2. The van der Waals surface area contributed by atoms with Crippen LogP contribution in [-0.4, -0.2) is 40.9 Å². The monoisotopic (exact) mass is 431 g/mol. The van der Waals surface area contributed by atoms with Gasteiger partial charge in [0.05, 0.1) is 24.9 Å². The zero-order valence-corrected chi connectivity index (χ0v) is 17.1. The Kier molecular flexibility index (Phi) is 6.78. The van der Waals surface area contributed by atoms with E-state index in [0.29, 0.717) is 18.6 Å². The topological polar surface area (TPSA) is 126 Å². The van der Waals surface area contributed by atoms with E-state index in [-0.39, 0.29) is 28.9 Å². The number of carboxylic acid groups (broad SMARTS) is 1. The van der Waals surface area contributed by atoms with Gasteiger partial charge in [0, 0.05) is 11.3 Å². The van der Waals surface area contributed by atoms with Crippen LogP contribution in [-0.2, 0) is 25.6 Å². The highest BCUT2D eigenvalue weighted by atomic mass is 32.1. The quantitative estimate of drug-likeness (QED) is 0.673. The van der Waals surface area contributed by atoms with Crippen LogP contribution in [0.15, 0.2) is 29.6 Å². The number of carbonyl (C=O) groups is 4. The Hall–Kier alpha value is -3.27. The number of aliphatic carboxylic acids is 1. The predicted molar refractivity (Wildman–Crippen MR) is 110 cm³/mol. The normalized spacial score (nSPS) is 13.6. The number of nitrogens with one attached hydrogen (secondary N) is 1. The molecule has 0 atom stereocenters. The van der Waals surface area contributed by atoms with Crippen molar-refractivity contribution < 1.29 is 29.0 Å². The van der Waals surface area contributed by atoms with Gasteiger partial charge in [0.1, 0.15) is 5.75 Å². The van der Waals surface area contributed by atoms with E-state index in [2.05, 4.69) is 10.3 Å². The summed E-state index contributed by atoms with van der Waals surface area (Å²) in [5, 5.41) is 12.8. The molecule has 2 N–H and O–H groups in total. The Labute approximate surface area is 176 Å². The number of ether oxygens (including phenoxy) is 1. The third kappa shape index (κ3) is 5.01. The number of rotatable bonds is 6. The van der Waals surface area contributed by atoms with E-state index in [1.807, 2.05) is 0 Å². The Morgan fingerprint density at radius 2 is 1.87 bits per heavy atom. The fourth-order valence-electron chi connectivity index (χ4n) is 3.28. The first-order valence-corrected chi connectivity index (χ1v) is 10.3. The molecule has 1 saturated carbocycles. The molecule has 1 aliphatic rings. The first-order valence-electron chi connectivity index (χ1n) is 9.38. The van der Waals surface area contributed by atoms with Crippen molar-refractivity contribution in [3.63, 3.8) is 0 Å². The summed E-state index contributed by atoms with van der Waals surface area (Å²) >= 11 is 1.00. The Morgan fingerprint density at radius 1 is 1.20 bits per heavy atom. The summed E-state index contributed by atoms with van der Waals surface area (Å²) in [4.78, 5) is 54.2. The molecule has 0 aliphatic heterocycles. The molecule has 1 aliphatic carbocycles. The molecular formula is C20H21N3O6S. The zero-order valence-electron chi connectivity index (χ0n) is 16.3. The van der Waals surface area contributed by atoms with Crippen LogP contribution in [0.2, 0.25) is 0 Å². The molecule has 1 fully saturated rings. The van der Waals surface area contributed by atoms with Gasteiger partial charge in [-0.05, 0) is 37.1 Å². The van der Waals surface area contributed by atoms with Crippen molar-refractivity contribution in [2.75, 3.05) is 17.3 Å². The van der Waals surface area contributed by atoms with Crippen LogP contribution in [0.25, 0.3) is 0 Å². The maximum Gasteiger partial charge on any atom is 0.323 e. The first kappa shape index (κ1) is 21.4. The van der Waals surface area contributed by atoms with Gasteiger partial charge in [-0.3, -0.25) is 24.5 Å². The number of aromatic nitrogens is 1. The molecule has 10 heteroatoms. The highest BCUT2D eigenvalue weighted by molar-refractivity contribution is 7.14. The van der Waals surface area contributed by atoms with Crippen LogP contribution >= 0.6 is 11.3 Å². The largest absolute Gasteiger partial charge is 0.497 e. The minimum absolute atomic E-state index is 0.0904. The average molecular weight is 431 g/mol. The summed E-state index contributed by atoms with van der Waals surface area (Å²) in [6.07, 6.45) is 2.85. The van der Waals surface area contributed by atoms with Crippen molar-refractivity contribution in [2.45, 2.75) is 32.1 Å². The Morgan fingerprint density at radius 3 is 2.47 bits per heavy atom. The van der Waals surface area contributed by atoms with Crippen LogP contribution in [0.5, 0.6) is 5.75 Å². The number of anilines is 2. The van der Waals surface area contributed by atoms with Crippen molar-refractivity contribution in [1.82, 2.24) is 4.98 Å². The summed E-state index contributed by atoms with van der Waals surface area (Å²) in [6, 6.07) is 6.30. The van der Waals surface area contributed by atoms with E-state index in [4.69, 9.17) is 9.84 Å². The van der Waals surface area contributed by atoms with Crippen molar-refractivity contribution in [1.29, 1.82) is 0 Å². The minimum atomic E-state index is -1.05. The molecule has 3 rings (SSSR count). The lowest BCUT2D eigenvalue weighted by Gasteiger charge is -2.23. The molecule has 1 heterocycles. The summed E-state index contributed by atoms with van der Waals surface area (Å²) in [5.41, 5.74) is 0.544.